The number of nitrogens with zero attached hydrogens (tertiary/aromatic N) is 2. The van der Waals surface area contributed by atoms with Crippen molar-refractivity contribution in [1.29, 1.82) is 0 Å². The van der Waals surface area contributed by atoms with Gasteiger partial charge in [-0.3, -0.25) is 14.9 Å². The van der Waals surface area contributed by atoms with Crippen molar-refractivity contribution in [3.05, 3.63) is 34.1 Å². The molecule has 26 heavy (non-hydrogen) atoms. The standard InChI is InChI=1S/C12H16N4O2.C5H10O3/c13-8-3-1-2-7-11-14-9-5-4-6-10(16(17)18)12(9)15-11;1-5(6)8-4-3-7-2/h4-6H,1-3,7-8,13H2,(H,14,15);3-4H2,1-2H3. The van der Waals surface area contributed by atoms with E-state index >= 15 is 0 Å². The molecule has 0 radical (unpaired) electrons. The predicted octanol–water partition coefficient (Wildman–Crippen LogP) is 2.34. The van der Waals surface area contributed by atoms with Gasteiger partial charge in [0.05, 0.1) is 17.0 Å². The molecular formula is C17H26N4O5. The van der Waals surface area contributed by atoms with Gasteiger partial charge in [0, 0.05) is 26.5 Å². The number of para-hydroxylation sites is 1. The molecule has 1 aromatic heterocycles. The first-order chi connectivity index (χ1) is 12.5. The summed E-state index contributed by atoms with van der Waals surface area (Å²) >= 11 is 0. The number of non-ortho nitro benzene ring substituents is 1. The van der Waals surface area contributed by atoms with Gasteiger partial charge in [-0.15, -0.1) is 0 Å². The maximum absolute atomic E-state index is 10.9. The molecule has 2 rings (SSSR count). The number of aromatic nitrogens is 2. The van der Waals surface area contributed by atoms with Crippen LogP contribution in [0.15, 0.2) is 18.2 Å². The average molecular weight is 366 g/mol. The zero-order valence-electron chi connectivity index (χ0n) is 15.2. The van der Waals surface area contributed by atoms with E-state index in [1.807, 2.05) is 0 Å². The molecule has 0 aliphatic heterocycles. The predicted molar refractivity (Wildman–Crippen MR) is 97.9 cm³/mol. The zero-order chi connectivity index (χ0) is 19.4. The number of benzene rings is 1. The van der Waals surface area contributed by atoms with E-state index in [-0.39, 0.29) is 11.7 Å². The number of rotatable bonds is 9. The average Bonchev–Trinajstić information content (AvgIpc) is 3.02. The Labute approximate surface area is 152 Å². The molecule has 0 atom stereocenters. The summed E-state index contributed by atoms with van der Waals surface area (Å²) in [5.74, 6) is 0.540. The summed E-state index contributed by atoms with van der Waals surface area (Å²) in [5.41, 5.74) is 6.64. The molecule has 0 amide bonds. The molecule has 1 aromatic carbocycles. The lowest BCUT2D eigenvalue weighted by molar-refractivity contribution is -0.383. The molecule has 0 fully saturated rings. The smallest absolute Gasteiger partial charge is 0.302 e. The van der Waals surface area contributed by atoms with Crippen molar-refractivity contribution in [3.8, 4) is 0 Å². The van der Waals surface area contributed by atoms with Crippen molar-refractivity contribution < 1.29 is 19.2 Å². The molecule has 9 heteroatoms. The molecule has 0 saturated heterocycles. The first-order valence-corrected chi connectivity index (χ1v) is 8.44. The fourth-order valence-electron chi connectivity index (χ4n) is 2.22. The molecule has 0 bridgehead atoms. The lowest BCUT2D eigenvalue weighted by atomic mass is 10.2. The van der Waals surface area contributed by atoms with Crippen LogP contribution in [0.25, 0.3) is 11.0 Å². The quantitative estimate of drug-likeness (QED) is 0.301. The second-order valence-electron chi connectivity index (χ2n) is 5.55. The first kappa shape index (κ1) is 21.5. The second-order valence-corrected chi connectivity index (χ2v) is 5.55. The molecule has 0 unspecified atom stereocenters. The molecule has 0 saturated carbocycles. The fraction of sp³-hybridized carbons (Fsp3) is 0.529. The molecule has 3 N–H and O–H groups in total. The summed E-state index contributed by atoms with van der Waals surface area (Å²) in [5, 5.41) is 10.9. The second kappa shape index (κ2) is 11.9. The van der Waals surface area contributed by atoms with Gasteiger partial charge in [0.25, 0.3) is 5.69 Å². The number of imidazole rings is 1. The number of nitro benzene ring substituents is 1. The summed E-state index contributed by atoms with van der Waals surface area (Å²) in [4.78, 5) is 27.9. The Morgan fingerprint density at radius 2 is 2.08 bits per heavy atom. The van der Waals surface area contributed by atoms with E-state index in [0.717, 1.165) is 37.0 Å². The third-order valence-corrected chi connectivity index (χ3v) is 3.45. The summed E-state index contributed by atoms with van der Waals surface area (Å²) in [7, 11) is 1.56. The normalized spacial score (nSPS) is 10.3. The minimum absolute atomic E-state index is 0.0527. The summed E-state index contributed by atoms with van der Waals surface area (Å²) < 4.78 is 9.13. The first-order valence-electron chi connectivity index (χ1n) is 8.44. The van der Waals surface area contributed by atoms with Crippen molar-refractivity contribution in [2.45, 2.75) is 32.6 Å². The Morgan fingerprint density at radius 1 is 1.31 bits per heavy atom. The van der Waals surface area contributed by atoms with E-state index < -0.39 is 4.92 Å². The van der Waals surface area contributed by atoms with Gasteiger partial charge < -0.3 is 20.2 Å². The Hall–Kier alpha value is -2.52. The highest BCUT2D eigenvalue weighted by molar-refractivity contribution is 5.84. The van der Waals surface area contributed by atoms with Gasteiger partial charge >= 0.3 is 5.97 Å². The van der Waals surface area contributed by atoms with Crippen LogP contribution >= 0.6 is 0 Å². The largest absolute Gasteiger partial charge is 0.463 e. The van der Waals surface area contributed by atoms with Crippen LogP contribution in [0.4, 0.5) is 5.69 Å². The van der Waals surface area contributed by atoms with Gasteiger partial charge in [0.15, 0.2) is 5.52 Å². The number of nitro groups is 1. The van der Waals surface area contributed by atoms with E-state index in [9.17, 15) is 14.9 Å². The number of esters is 1. The number of carbonyl (C=O) groups excluding carboxylic acids is 1. The monoisotopic (exact) mass is 366 g/mol. The maximum Gasteiger partial charge on any atom is 0.302 e. The Kier molecular flexibility index (Phi) is 9.88. The van der Waals surface area contributed by atoms with Gasteiger partial charge in [0.2, 0.25) is 0 Å². The van der Waals surface area contributed by atoms with E-state index in [2.05, 4.69) is 19.4 Å². The van der Waals surface area contributed by atoms with Crippen LogP contribution in [0, 0.1) is 10.1 Å². The van der Waals surface area contributed by atoms with Gasteiger partial charge in [0.1, 0.15) is 12.4 Å². The molecule has 144 valence electrons. The topological polar surface area (TPSA) is 133 Å². The highest BCUT2D eigenvalue weighted by Crippen LogP contribution is 2.23. The van der Waals surface area contributed by atoms with Crippen LogP contribution in [-0.2, 0) is 20.7 Å². The summed E-state index contributed by atoms with van der Waals surface area (Å²) in [6, 6.07) is 4.94. The summed E-state index contributed by atoms with van der Waals surface area (Å²) in [6.45, 7) is 2.90. The van der Waals surface area contributed by atoms with Crippen LogP contribution in [0.1, 0.15) is 32.0 Å². The Morgan fingerprint density at radius 3 is 2.69 bits per heavy atom. The van der Waals surface area contributed by atoms with Crippen molar-refractivity contribution in [2.75, 3.05) is 26.9 Å². The zero-order valence-corrected chi connectivity index (χ0v) is 15.2. The van der Waals surface area contributed by atoms with Crippen molar-refractivity contribution >= 4 is 22.7 Å². The van der Waals surface area contributed by atoms with Gasteiger partial charge in [-0.05, 0) is 25.5 Å². The van der Waals surface area contributed by atoms with Gasteiger partial charge in [-0.2, -0.15) is 0 Å². The maximum atomic E-state index is 10.9. The molecule has 1 heterocycles. The van der Waals surface area contributed by atoms with Crippen LogP contribution in [0.3, 0.4) is 0 Å². The fourth-order valence-corrected chi connectivity index (χ4v) is 2.22. The summed E-state index contributed by atoms with van der Waals surface area (Å²) in [6.07, 6.45) is 3.84. The Bertz CT molecular complexity index is 702. The number of H-pyrrole nitrogens is 1. The third kappa shape index (κ3) is 7.58. The molecular weight excluding hydrogens is 340 g/mol. The third-order valence-electron chi connectivity index (χ3n) is 3.45. The number of aryl methyl sites for hydroxylation is 1. The number of aromatic amines is 1. The van der Waals surface area contributed by atoms with Gasteiger partial charge in [-0.1, -0.05) is 12.5 Å². The van der Waals surface area contributed by atoms with Crippen LogP contribution in [0.5, 0.6) is 0 Å². The minimum atomic E-state index is -0.401. The molecule has 0 aliphatic rings. The number of methoxy groups -OCH3 is 1. The highest BCUT2D eigenvalue weighted by atomic mass is 16.6. The highest BCUT2D eigenvalue weighted by Gasteiger charge is 2.14. The van der Waals surface area contributed by atoms with Crippen LogP contribution in [0.2, 0.25) is 0 Å². The number of nitrogens with two attached hydrogens (primary N) is 1. The lowest BCUT2D eigenvalue weighted by Crippen LogP contribution is -2.05. The molecule has 0 spiro atoms. The number of fused-ring (bicyclic) bond motifs is 1. The number of nitrogens with one attached hydrogen (secondary N) is 1. The van der Waals surface area contributed by atoms with E-state index in [0.29, 0.717) is 25.3 Å². The van der Waals surface area contributed by atoms with E-state index in [1.165, 1.54) is 13.0 Å². The number of carbonyl (C=O) groups is 1. The van der Waals surface area contributed by atoms with Gasteiger partial charge in [-0.25, -0.2) is 4.98 Å². The van der Waals surface area contributed by atoms with Crippen LogP contribution < -0.4 is 5.73 Å². The van der Waals surface area contributed by atoms with Crippen LogP contribution in [-0.4, -0.2) is 47.7 Å². The number of hydrogen-bond acceptors (Lipinski definition) is 7. The lowest BCUT2D eigenvalue weighted by Gasteiger charge is -1.97. The van der Waals surface area contributed by atoms with Crippen molar-refractivity contribution in [2.24, 2.45) is 5.73 Å². The SMILES string of the molecule is COCCOC(C)=O.NCCCCCc1nc2c([N+](=O)[O-])cccc2[nH]1. The van der Waals surface area contributed by atoms with E-state index in [4.69, 9.17) is 5.73 Å². The molecule has 2 aromatic rings. The number of hydrogen-bond donors (Lipinski definition) is 2. The Balaban J connectivity index is 0.000000359. The minimum Gasteiger partial charge on any atom is -0.463 e. The molecule has 9 nitrogen and oxygen atoms in total. The molecule has 0 aliphatic carbocycles. The number of ether oxygens (including phenoxy) is 2. The van der Waals surface area contributed by atoms with Crippen molar-refractivity contribution in [3.63, 3.8) is 0 Å². The van der Waals surface area contributed by atoms with E-state index in [1.54, 1.807) is 19.2 Å². The van der Waals surface area contributed by atoms with Crippen molar-refractivity contribution in [1.82, 2.24) is 9.97 Å². The number of unbranched alkanes of at least 4 members (excludes halogenated alkanes) is 2.